The van der Waals surface area contributed by atoms with E-state index in [0.29, 0.717) is 4.99 Å². The summed E-state index contributed by atoms with van der Waals surface area (Å²) in [5, 5.41) is 2.73. The van der Waals surface area contributed by atoms with Crippen molar-refractivity contribution >= 4 is 23.1 Å². The second kappa shape index (κ2) is 6.81. The molecule has 1 saturated heterocycles. The minimum atomic E-state index is 0.166. The van der Waals surface area contributed by atoms with Gasteiger partial charge in [0, 0.05) is 25.1 Å². The molecule has 1 aromatic carbocycles. The molecule has 0 aliphatic carbocycles. The Morgan fingerprint density at radius 3 is 2.75 bits per heavy atom. The highest BCUT2D eigenvalue weighted by Crippen LogP contribution is 2.19. The third-order valence-electron chi connectivity index (χ3n) is 3.82. The van der Waals surface area contributed by atoms with E-state index in [1.54, 1.807) is 7.05 Å². The lowest BCUT2D eigenvalue weighted by atomic mass is 9.95. The number of carbonyl (C=O) groups excluding carboxylic acids is 1. The summed E-state index contributed by atoms with van der Waals surface area (Å²) in [6, 6.07) is 8.06. The highest BCUT2D eigenvalue weighted by molar-refractivity contribution is 7.80. The number of thiocarbonyl (C=S) groups is 1. The summed E-state index contributed by atoms with van der Waals surface area (Å²) in [6.07, 6.45) is 1.85. The molecule has 20 heavy (non-hydrogen) atoms. The van der Waals surface area contributed by atoms with E-state index in [2.05, 4.69) is 16.3 Å². The third kappa shape index (κ3) is 3.77. The van der Waals surface area contributed by atoms with E-state index in [1.165, 1.54) is 5.56 Å². The van der Waals surface area contributed by atoms with Crippen molar-refractivity contribution < 1.29 is 4.79 Å². The molecule has 1 amide bonds. The molecule has 5 heteroatoms. The fourth-order valence-electron chi connectivity index (χ4n) is 2.64. The molecule has 0 atom stereocenters. The number of amides is 1. The smallest absolute Gasteiger partial charge is 0.222 e. The van der Waals surface area contributed by atoms with E-state index in [4.69, 9.17) is 18.0 Å². The summed E-state index contributed by atoms with van der Waals surface area (Å²) in [5.41, 5.74) is 7.79. The van der Waals surface area contributed by atoms with Crippen molar-refractivity contribution in [2.45, 2.75) is 19.4 Å². The van der Waals surface area contributed by atoms with Crippen LogP contribution in [0.15, 0.2) is 24.3 Å². The van der Waals surface area contributed by atoms with Gasteiger partial charge in [0.05, 0.1) is 0 Å². The van der Waals surface area contributed by atoms with Gasteiger partial charge in [-0.1, -0.05) is 30.4 Å². The van der Waals surface area contributed by atoms with Gasteiger partial charge in [-0.15, -0.1) is 0 Å². The van der Waals surface area contributed by atoms with Crippen LogP contribution in [-0.4, -0.2) is 35.9 Å². The Morgan fingerprint density at radius 1 is 1.45 bits per heavy atom. The van der Waals surface area contributed by atoms with Gasteiger partial charge in [0.2, 0.25) is 5.91 Å². The number of hydrogen-bond acceptors (Lipinski definition) is 3. The summed E-state index contributed by atoms with van der Waals surface area (Å²) in [5.74, 6) is 0.333. The summed E-state index contributed by atoms with van der Waals surface area (Å²) >= 11 is 5.00. The molecule has 4 nitrogen and oxygen atoms in total. The molecule has 108 valence electrons. The zero-order valence-corrected chi connectivity index (χ0v) is 12.6. The number of nitrogens with zero attached hydrogens (tertiary/aromatic N) is 1. The second-order valence-electron chi connectivity index (χ2n) is 5.23. The molecule has 0 saturated carbocycles. The number of piperidine rings is 1. The predicted molar refractivity (Wildman–Crippen MR) is 84.4 cm³/mol. The Labute approximate surface area is 125 Å². The van der Waals surface area contributed by atoms with Crippen molar-refractivity contribution in [1.82, 2.24) is 10.2 Å². The lowest BCUT2D eigenvalue weighted by molar-refractivity contribution is -0.125. The third-order valence-corrected chi connectivity index (χ3v) is 4.06. The quantitative estimate of drug-likeness (QED) is 0.821. The average Bonchev–Trinajstić information content (AvgIpc) is 2.47. The van der Waals surface area contributed by atoms with Gasteiger partial charge < -0.3 is 11.1 Å². The number of carbonyl (C=O) groups is 1. The average molecular weight is 291 g/mol. The van der Waals surface area contributed by atoms with Crippen molar-refractivity contribution in [1.29, 1.82) is 0 Å². The molecule has 0 unspecified atom stereocenters. The first-order valence-electron chi connectivity index (χ1n) is 6.93. The van der Waals surface area contributed by atoms with E-state index in [9.17, 15) is 4.79 Å². The molecule has 1 aliphatic heterocycles. The van der Waals surface area contributed by atoms with Crippen LogP contribution in [0.4, 0.5) is 0 Å². The van der Waals surface area contributed by atoms with Gasteiger partial charge in [-0.25, -0.2) is 0 Å². The van der Waals surface area contributed by atoms with Gasteiger partial charge in [-0.3, -0.25) is 9.69 Å². The fourth-order valence-corrected chi connectivity index (χ4v) is 2.77. The number of rotatable bonds is 4. The number of benzene rings is 1. The minimum absolute atomic E-state index is 0.166. The van der Waals surface area contributed by atoms with Crippen molar-refractivity contribution in [2.24, 2.45) is 11.7 Å². The van der Waals surface area contributed by atoms with E-state index in [0.717, 1.165) is 38.0 Å². The maximum Gasteiger partial charge on any atom is 0.222 e. The van der Waals surface area contributed by atoms with Crippen LogP contribution in [0.25, 0.3) is 0 Å². The standard InChI is InChI=1S/C15H21N3OS/c1-17-15(19)12-5-7-18(8-6-12)10-11-3-2-4-13(9-11)14(16)20/h2-4,9,12H,5-8,10H2,1H3,(H2,16,20)(H,17,19). The molecule has 3 N–H and O–H groups in total. The molecule has 2 rings (SSSR count). The topological polar surface area (TPSA) is 58.4 Å². The molecular weight excluding hydrogens is 270 g/mol. The minimum Gasteiger partial charge on any atom is -0.389 e. The second-order valence-corrected chi connectivity index (χ2v) is 5.67. The fraction of sp³-hybridized carbons (Fsp3) is 0.467. The molecule has 1 aliphatic rings. The summed E-state index contributed by atoms with van der Waals surface area (Å²) < 4.78 is 0. The normalized spacial score (nSPS) is 16.9. The van der Waals surface area contributed by atoms with Crippen molar-refractivity contribution in [3.05, 3.63) is 35.4 Å². The maximum atomic E-state index is 11.6. The van der Waals surface area contributed by atoms with Crippen LogP contribution >= 0.6 is 12.2 Å². The van der Waals surface area contributed by atoms with E-state index in [-0.39, 0.29) is 11.8 Å². The van der Waals surface area contributed by atoms with Crippen LogP contribution in [0.3, 0.4) is 0 Å². The van der Waals surface area contributed by atoms with Crippen LogP contribution < -0.4 is 11.1 Å². The van der Waals surface area contributed by atoms with Crippen LogP contribution in [0, 0.1) is 5.92 Å². The Balaban J connectivity index is 1.91. The van der Waals surface area contributed by atoms with E-state index >= 15 is 0 Å². The zero-order valence-electron chi connectivity index (χ0n) is 11.8. The first-order chi connectivity index (χ1) is 9.60. The monoisotopic (exact) mass is 291 g/mol. The van der Waals surface area contributed by atoms with Gasteiger partial charge in [-0.2, -0.15) is 0 Å². The van der Waals surface area contributed by atoms with Gasteiger partial charge in [0.1, 0.15) is 4.99 Å². The Morgan fingerprint density at radius 2 is 2.15 bits per heavy atom. The Bertz CT molecular complexity index is 496. The number of hydrogen-bond donors (Lipinski definition) is 2. The largest absolute Gasteiger partial charge is 0.389 e. The van der Waals surface area contributed by atoms with Gasteiger partial charge >= 0.3 is 0 Å². The van der Waals surface area contributed by atoms with Crippen molar-refractivity contribution in [3.63, 3.8) is 0 Å². The lowest BCUT2D eigenvalue weighted by Crippen LogP contribution is -2.39. The number of nitrogens with one attached hydrogen (secondary N) is 1. The summed E-state index contributed by atoms with van der Waals surface area (Å²) in [6.45, 7) is 2.79. The number of nitrogens with two attached hydrogens (primary N) is 1. The zero-order chi connectivity index (χ0) is 14.5. The molecule has 1 heterocycles. The van der Waals surface area contributed by atoms with Crippen LogP contribution in [0.2, 0.25) is 0 Å². The van der Waals surface area contributed by atoms with E-state index < -0.39 is 0 Å². The van der Waals surface area contributed by atoms with Gasteiger partial charge in [0.15, 0.2) is 0 Å². The van der Waals surface area contributed by atoms with Crippen LogP contribution in [0.1, 0.15) is 24.0 Å². The van der Waals surface area contributed by atoms with Crippen molar-refractivity contribution in [2.75, 3.05) is 20.1 Å². The molecule has 1 aromatic rings. The summed E-state index contributed by atoms with van der Waals surface area (Å²) in [4.78, 5) is 14.4. The summed E-state index contributed by atoms with van der Waals surface area (Å²) in [7, 11) is 1.70. The first kappa shape index (κ1) is 14.9. The molecular formula is C15H21N3OS. The van der Waals surface area contributed by atoms with Crippen LogP contribution in [-0.2, 0) is 11.3 Å². The Kier molecular flexibility index (Phi) is 5.09. The van der Waals surface area contributed by atoms with Crippen molar-refractivity contribution in [3.8, 4) is 0 Å². The molecule has 0 aromatic heterocycles. The maximum absolute atomic E-state index is 11.6. The lowest BCUT2D eigenvalue weighted by Gasteiger charge is -2.31. The first-order valence-corrected chi connectivity index (χ1v) is 7.33. The Hall–Kier alpha value is -1.46. The van der Waals surface area contributed by atoms with Gasteiger partial charge in [-0.05, 0) is 37.6 Å². The highest BCUT2D eigenvalue weighted by Gasteiger charge is 2.23. The van der Waals surface area contributed by atoms with E-state index in [1.807, 2.05) is 18.2 Å². The molecule has 0 radical (unpaired) electrons. The number of likely N-dealkylation sites (tertiary alicyclic amines) is 1. The molecule has 1 fully saturated rings. The predicted octanol–water partition coefficient (Wildman–Crippen LogP) is 1.28. The highest BCUT2D eigenvalue weighted by atomic mass is 32.1. The molecule has 0 spiro atoms. The van der Waals surface area contributed by atoms with Gasteiger partial charge in [0.25, 0.3) is 0 Å². The SMILES string of the molecule is CNC(=O)C1CCN(Cc2cccc(C(N)=S)c2)CC1. The van der Waals surface area contributed by atoms with Crippen LogP contribution in [0.5, 0.6) is 0 Å². The molecule has 0 bridgehead atoms.